The molecule has 0 saturated carbocycles. The smallest absolute Gasteiger partial charge is 0.246 e. The molecule has 17 nitrogen and oxygen atoms in total. The van der Waals surface area contributed by atoms with Gasteiger partial charge in [0, 0.05) is 62.6 Å². The number of benzene rings is 2. The number of nitrogens with one attached hydrogen (secondary N) is 2. The van der Waals surface area contributed by atoms with Gasteiger partial charge in [-0.05, 0) is 61.6 Å². The highest BCUT2D eigenvalue weighted by atomic mass is 32.1. The first kappa shape index (κ1) is 45.9. The van der Waals surface area contributed by atoms with Crippen molar-refractivity contribution in [2.75, 3.05) is 55.3 Å². The summed E-state index contributed by atoms with van der Waals surface area (Å²) < 4.78 is 0. The molecule has 3 amide bonds. The number of fused-ring (bicyclic) bond motifs is 2. The molecule has 18 heteroatoms. The Balaban J connectivity index is 0.826. The van der Waals surface area contributed by atoms with Gasteiger partial charge in [-0.1, -0.05) is 69.0 Å². The number of β-amino-alcohol motifs (C(OH)–C–C–N with tert-alkyl or cyclic N) is 1. The summed E-state index contributed by atoms with van der Waals surface area (Å²) >= 11 is 1.57. The quantitative estimate of drug-likeness (QED) is 0.113. The predicted molar refractivity (Wildman–Crippen MR) is 253 cm³/mol. The maximum absolute atomic E-state index is 14.1. The molecule has 344 valence electrons. The number of nitrogens with zero attached hydrogens (tertiary/aromatic N) is 9. The molecule has 6 N–H and O–H groups in total. The summed E-state index contributed by atoms with van der Waals surface area (Å²) in [5, 5.41) is 35.3. The summed E-state index contributed by atoms with van der Waals surface area (Å²) in [6.45, 7) is 9.43. The van der Waals surface area contributed by atoms with Crippen molar-refractivity contribution in [1.29, 1.82) is 0 Å². The Hall–Kier alpha value is -6.68. The third-order valence-corrected chi connectivity index (χ3v) is 13.4. The molecule has 0 radical (unpaired) electrons. The van der Waals surface area contributed by atoms with E-state index < -0.39 is 29.5 Å². The number of likely N-dealkylation sites (tertiary alicyclic amines) is 1. The van der Waals surface area contributed by atoms with Crippen LogP contribution in [0, 0.1) is 24.2 Å². The molecule has 2 bridgehead atoms. The molecule has 3 aromatic heterocycles. The van der Waals surface area contributed by atoms with Gasteiger partial charge in [0.1, 0.15) is 17.8 Å². The van der Waals surface area contributed by atoms with Crippen LogP contribution >= 0.6 is 11.3 Å². The van der Waals surface area contributed by atoms with Crippen LogP contribution in [0.2, 0.25) is 0 Å². The van der Waals surface area contributed by atoms with E-state index >= 15 is 0 Å². The van der Waals surface area contributed by atoms with Crippen LogP contribution in [-0.2, 0) is 20.9 Å². The number of anilines is 3. The highest BCUT2D eigenvalue weighted by molar-refractivity contribution is 7.13. The fraction of sp³-hybridized carbons (Fsp3) is 0.417. The number of carbonyl (C=O) groups is 3. The number of hydrogen-bond acceptors (Lipinski definition) is 15. The van der Waals surface area contributed by atoms with E-state index in [0.29, 0.717) is 41.7 Å². The van der Waals surface area contributed by atoms with Gasteiger partial charge < -0.3 is 41.3 Å². The molecule has 2 aromatic carbocycles. The third kappa shape index (κ3) is 10.2. The second kappa shape index (κ2) is 19.4. The molecule has 3 aliphatic rings. The first-order chi connectivity index (χ1) is 31.6. The lowest BCUT2D eigenvalue weighted by molar-refractivity contribution is -0.144. The van der Waals surface area contributed by atoms with E-state index in [1.807, 2.05) is 69.6 Å². The lowest BCUT2D eigenvalue weighted by Gasteiger charge is -2.42. The van der Waals surface area contributed by atoms with Crippen LogP contribution in [0.5, 0.6) is 5.75 Å². The number of likely N-dealkylation sites (N-methyl/N-ethyl adjacent to an activating group) is 1. The highest BCUT2D eigenvalue weighted by Gasteiger charge is 2.45. The number of aliphatic hydroxyl groups excluding tert-OH is 1. The van der Waals surface area contributed by atoms with E-state index in [4.69, 9.17) is 15.7 Å². The molecular weight excluding hydrogens is 857 g/mol. The maximum Gasteiger partial charge on any atom is 0.246 e. The van der Waals surface area contributed by atoms with Crippen molar-refractivity contribution in [2.45, 2.75) is 83.8 Å². The Labute approximate surface area is 388 Å². The van der Waals surface area contributed by atoms with Gasteiger partial charge in [0.15, 0.2) is 5.82 Å². The molecule has 5 atom stereocenters. The SMILES string of the molecule is Cc1ncsc1-c1ccc(CNC(=O)[C@@H]2C[C@@H](O)CN2C(=O)[C@@H](NC(=O)CN(C)CC#Cc2cnc(N3C4CCC3CN(c3cc(-c5ccccc5O)nnc3N)C4)nc2)C(C)(C)C)cc1. The van der Waals surface area contributed by atoms with Gasteiger partial charge in [-0.25, -0.2) is 15.0 Å². The number of para-hydroxylation sites is 1. The summed E-state index contributed by atoms with van der Waals surface area (Å²) in [5.74, 6) is 6.15. The van der Waals surface area contributed by atoms with Gasteiger partial charge in [0.2, 0.25) is 23.7 Å². The zero-order chi connectivity index (χ0) is 46.7. The molecule has 6 heterocycles. The number of aromatic nitrogens is 5. The van der Waals surface area contributed by atoms with Gasteiger partial charge in [-0.3, -0.25) is 19.3 Å². The summed E-state index contributed by atoms with van der Waals surface area (Å²) in [4.78, 5) is 63.5. The van der Waals surface area contributed by atoms with Crippen molar-refractivity contribution in [3.05, 3.63) is 89.3 Å². The molecular formula is C48H56N12O5S. The first-order valence-corrected chi connectivity index (χ1v) is 23.0. The van der Waals surface area contributed by atoms with Crippen LogP contribution in [0.1, 0.15) is 56.9 Å². The summed E-state index contributed by atoms with van der Waals surface area (Å²) in [7, 11) is 1.77. The first-order valence-electron chi connectivity index (χ1n) is 22.1. The number of rotatable bonds is 12. The minimum atomic E-state index is -0.949. The van der Waals surface area contributed by atoms with E-state index in [-0.39, 0.29) is 62.2 Å². The lowest BCUT2D eigenvalue weighted by atomic mass is 9.85. The van der Waals surface area contributed by atoms with Crippen LogP contribution in [0.25, 0.3) is 21.7 Å². The Morgan fingerprint density at radius 1 is 1.00 bits per heavy atom. The van der Waals surface area contributed by atoms with Crippen molar-refractivity contribution < 1.29 is 24.6 Å². The van der Waals surface area contributed by atoms with Crippen LogP contribution in [-0.4, -0.2) is 133 Å². The number of thiazole rings is 1. The van der Waals surface area contributed by atoms with Crippen molar-refractivity contribution in [2.24, 2.45) is 5.41 Å². The Bertz CT molecular complexity index is 2610. The fourth-order valence-electron chi connectivity index (χ4n) is 8.98. The Morgan fingerprint density at radius 2 is 1.71 bits per heavy atom. The summed E-state index contributed by atoms with van der Waals surface area (Å²) in [5.41, 5.74) is 12.9. The van der Waals surface area contributed by atoms with Crippen LogP contribution in [0.15, 0.2) is 72.5 Å². The number of carbonyl (C=O) groups excluding carboxylic acids is 3. The predicted octanol–water partition coefficient (Wildman–Crippen LogP) is 3.60. The van der Waals surface area contributed by atoms with Gasteiger partial charge in [-0.2, -0.15) is 0 Å². The Morgan fingerprint density at radius 3 is 2.38 bits per heavy atom. The standard InChI is InChI=1S/C48H56N12O5S/c1-29-42(66-28-53-29)32-14-12-30(13-15-32)21-50-45(64)39-19-35(61)26-59(39)46(65)43(48(2,3)4)54-41(63)27-57(5)18-8-9-31-22-51-47(52-23-31)60-33-16-17-34(60)25-58(24-33)38-20-37(55-56-44(38)49)36-10-6-7-11-40(36)62/h6-7,10-15,20,22-23,28,33-35,39,43,61-62H,16-19,21,24-27H2,1-5H3,(H2,49,56)(H,50,64)(H,54,63)/t33?,34?,35-,39+,43-/m1/s1. The average Bonchev–Trinajstić information content (AvgIpc) is 3.98. The highest BCUT2D eigenvalue weighted by Crippen LogP contribution is 2.38. The fourth-order valence-corrected chi connectivity index (χ4v) is 9.79. The van der Waals surface area contributed by atoms with Crippen molar-refractivity contribution in [3.8, 4) is 39.3 Å². The van der Waals surface area contributed by atoms with E-state index in [1.165, 1.54) is 4.90 Å². The number of nitrogen functional groups attached to an aromatic ring is 1. The number of amides is 3. The number of nitrogens with two attached hydrogens (primary N) is 1. The molecule has 3 fully saturated rings. The molecule has 3 saturated heterocycles. The second-order valence-corrected chi connectivity index (χ2v) is 19.3. The maximum atomic E-state index is 14.1. The van der Waals surface area contributed by atoms with E-state index in [1.54, 1.807) is 53.9 Å². The normalized spacial score (nSPS) is 19.7. The van der Waals surface area contributed by atoms with Gasteiger partial charge >= 0.3 is 0 Å². The van der Waals surface area contributed by atoms with Gasteiger partial charge in [0.05, 0.1) is 52.2 Å². The zero-order valence-electron chi connectivity index (χ0n) is 37.8. The third-order valence-electron chi connectivity index (χ3n) is 12.4. The zero-order valence-corrected chi connectivity index (χ0v) is 38.6. The van der Waals surface area contributed by atoms with E-state index in [2.05, 4.69) is 47.5 Å². The number of aromatic hydroxyl groups is 1. The lowest BCUT2D eigenvalue weighted by Crippen LogP contribution is -2.58. The van der Waals surface area contributed by atoms with E-state index in [9.17, 15) is 24.6 Å². The Kier molecular flexibility index (Phi) is 13.5. The number of piperazine rings is 1. The van der Waals surface area contributed by atoms with Gasteiger partial charge in [0.25, 0.3) is 0 Å². The molecule has 5 aromatic rings. The molecule has 0 spiro atoms. The van der Waals surface area contributed by atoms with E-state index in [0.717, 1.165) is 40.2 Å². The number of phenolic OH excluding ortho intramolecular Hbond substituents is 1. The molecule has 3 aliphatic heterocycles. The van der Waals surface area contributed by atoms with Crippen LogP contribution < -0.4 is 26.2 Å². The molecule has 2 unspecified atom stereocenters. The topological polar surface area (TPSA) is 219 Å². The number of hydrogen-bond donors (Lipinski definition) is 5. The molecule has 0 aliphatic carbocycles. The van der Waals surface area contributed by atoms with Crippen molar-refractivity contribution in [1.82, 2.24) is 45.6 Å². The monoisotopic (exact) mass is 912 g/mol. The minimum absolute atomic E-state index is 0.0102. The van der Waals surface area contributed by atoms with Crippen LogP contribution in [0.3, 0.4) is 0 Å². The van der Waals surface area contributed by atoms with Gasteiger partial charge in [-0.15, -0.1) is 21.5 Å². The van der Waals surface area contributed by atoms with Crippen LogP contribution in [0.4, 0.5) is 17.5 Å². The summed E-state index contributed by atoms with van der Waals surface area (Å²) in [6, 6.07) is 15.3. The largest absolute Gasteiger partial charge is 0.507 e. The molecule has 66 heavy (non-hydrogen) atoms. The minimum Gasteiger partial charge on any atom is -0.507 e. The number of aryl methyl sites for hydroxylation is 1. The number of aliphatic hydroxyl groups is 1. The second-order valence-electron chi connectivity index (χ2n) is 18.4. The van der Waals surface area contributed by atoms with Crippen molar-refractivity contribution in [3.63, 3.8) is 0 Å². The summed E-state index contributed by atoms with van der Waals surface area (Å²) in [6.07, 6.45) is 4.61. The molecule has 8 rings (SSSR count). The average molecular weight is 913 g/mol. The van der Waals surface area contributed by atoms with Crippen molar-refractivity contribution >= 4 is 46.5 Å². The number of phenols is 1.